The van der Waals surface area contributed by atoms with Crippen LogP contribution in [0.2, 0.25) is 0 Å². The monoisotopic (exact) mass is 228 g/mol. The Hall–Kier alpha value is -1.72. The molecular weight excluding hydrogens is 212 g/mol. The predicted molar refractivity (Wildman–Crippen MR) is 68.1 cm³/mol. The fourth-order valence-electron chi connectivity index (χ4n) is 1.85. The average Bonchev–Trinajstić information content (AvgIpc) is 2.39. The first-order valence-electron chi connectivity index (χ1n) is 5.35. The van der Waals surface area contributed by atoms with Gasteiger partial charge in [0, 0.05) is 0 Å². The van der Waals surface area contributed by atoms with E-state index in [1.54, 1.807) is 0 Å². The first kappa shape index (κ1) is 11.8. The van der Waals surface area contributed by atoms with Gasteiger partial charge in [-0.1, -0.05) is 60.7 Å². The number of hydrazine groups is 2. The highest BCUT2D eigenvalue weighted by Crippen LogP contribution is 2.26. The summed E-state index contributed by atoms with van der Waals surface area (Å²) in [5, 5.41) is 1.04. The maximum atomic E-state index is 6.36. The number of rotatable bonds is 3. The summed E-state index contributed by atoms with van der Waals surface area (Å²) in [4.78, 5) is 0. The molecule has 0 bridgehead atoms. The fraction of sp³-hybridized carbons (Fsp3) is 0.0769. The van der Waals surface area contributed by atoms with Gasteiger partial charge < -0.3 is 5.73 Å². The van der Waals surface area contributed by atoms with Crippen LogP contribution in [0.3, 0.4) is 0 Å². The largest absolute Gasteiger partial charge is 0.303 e. The predicted octanol–water partition coefficient (Wildman–Crippen LogP) is 0.896. The van der Waals surface area contributed by atoms with E-state index in [4.69, 9.17) is 17.4 Å². The van der Waals surface area contributed by atoms with Gasteiger partial charge in [-0.05, 0) is 11.1 Å². The van der Waals surface area contributed by atoms with Crippen molar-refractivity contribution in [2.24, 2.45) is 17.4 Å². The van der Waals surface area contributed by atoms with Gasteiger partial charge in [-0.3, -0.25) is 11.7 Å². The maximum absolute atomic E-state index is 6.36. The number of hydrogen-bond acceptors (Lipinski definition) is 4. The molecule has 0 aliphatic rings. The zero-order valence-electron chi connectivity index (χ0n) is 9.45. The smallest absolute Gasteiger partial charge is 0.148 e. The topological polar surface area (TPSA) is 81.3 Å². The first-order valence-corrected chi connectivity index (χ1v) is 5.35. The molecule has 88 valence electrons. The van der Waals surface area contributed by atoms with Crippen LogP contribution in [0, 0.1) is 0 Å². The van der Waals surface area contributed by atoms with Crippen LogP contribution in [-0.2, 0) is 5.66 Å². The Morgan fingerprint density at radius 2 is 1.06 bits per heavy atom. The summed E-state index contributed by atoms with van der Waals surface area (Å²) in [6.45, 7) is 0. The molecule has 4 heteroatoms. The van der Waals surface area contributed by atoms with Crippen LogP contribution in [-0.4, -0.2) is 5.12 Å². The highest BCUT2D eigenvalue weighted by molar-refractivity contribution is 5.36. The Balaban J connectivity index is 2.55. The second-order valence-corrected chi connectivity index (χ2v) is 3.91. The van der Waals surface area contributed by atoms with E-state index in [1.165, 1.54) is 0 Å². The summed E-state index contributed by atoms with van der Waals surface area (Å²) < 4.78 is 0. The number of nitrogens with zero attached hydrogens (tertiary/aromatic N) is 1. The summed E-state index contributed by atoms with van der Waals surface area (Å²) in [5.41, 5.74) is 7.02. The minimum absolute atomic E-state index is 0.844. The van der Waals surface area contributed by atoms with Crippen molar-refractivity contribution in [3.63, 3.8) is 0 Å². The van der Waals surface area contributed by atoms with Gasteiger partial charge in [0.25, 0.3) is 0 Å². The molecule has 2 aromatic carbocycles. The van der Waals surface area contributed by atoms with E-state index in [-0.39, 0.29) is 0 Å². The molecule has 2 rings (SSSR count). The van der Waals surface area contributed by atoms with Crippen LogP contribution in [0.15, 0.2) is 60.7 Å². The Kier molecular flexibility index (Phi) is 3.21. The van der Waals surface area contributed by atoms with Crippen LogP contribution < -0.4 is 17.4 Å². The Labute approximate surface area is 101 Å². The van der Waals surface area contributed by atoms with Crippen LogP contribution in [0.25, 0.3) is 0 Å². The molecule has 0 spiro atoms. The zero-order chi connectivity index (χ0) is 12.3. The summed E-state index contributed by atoms with van der Waals surface area (Å²) in [7, 11) is 0. The molecule has 0 saturated heterocycles. The molecule has 0 atom stereocenters. The van der Waals surface area contributed by atoms with Crippen LogP contribution in [0.4, 0.5) is 0 Å². The van der Waals surface area contributed by atoms with E-state index in [2.05, 4.69) is 0 Å². The van der Waals surface area contributed by atoms with Crippen molar-refractivity contribution >= 4 is 0 Å². The molecule has 0 aliphatic heterocycles. The quantitative estimate of drug-likeness (QED) is 0.414. The zero-order valence-corrected chi connectivity index (χ0v) is 9.45. The third-order valence-corrected chi connectivity index (χ3v) is 2.84. The lowest BCUT2D eigenvalue weighted by atomic mass is 9.92. The number of nitrogens with two attached hydrogens (primary N) is 3. The van der Waals surface area contributed by atoms with Gasteiger partial charge >= 0.3 is 0 Å². The van der Waals surface area contributed by atoms with Crippen molar-refractivity contribution in [2.75, 3.05) is 0 Å². The van der Waals surface area contributed by atoms with Gasteiger partial charge in [0.1, 0.15) is 5.66 Å². The summed E-state index contributed by atoms with van der Waals surface area (Å²) >= 11 is 0. The molecule has 0 unspecified atom stereocenters. The van der Waals surface area contributed by atoms with E-state index in [9.17, 15) is 0 Å². The van der Waals surface area contributed by atoms with E-state index < -0.39 is 5.66 Å². The van der Waals surface area contributed by atoms with Gasteiger partial charge in [0.05, 0.1) is 0 Å². The highest BCUT2D eigenvalue weighted by Gasteiger charge is 2.33. The average molecular weight is 228 g/mol. The van der Waals surface area contributed by atoms with Crippen LogP contribution >= 0.6 is 0 Å². The fourth-order valence-corrected chi connectivity index (χ4v) is 1.85. The van der Waals surface area contributed by atoms with Crippen molar-refractivity contribution in [1.82, 2.24) is 5.12 Å². The van der Waals surface area contributed by atoms with Gasteiger partial charge in [0.2, 0.25) is 0 Å². The lowest BCUT2D eigenvalue weighted by Gasteiger charge is -2.35. The second kappa shape index (κ2) is 4.65. The minimum atomic E-state index is -1.03. The molecule has 0 aromatic heterocycles. The Morgan fingerprint density at radius 1 is 0.706 bits per heavy atom. The van der Waals surface area contributed by atoms with Crippen molar-refractivity contribution < 1.29 is 0 Å². The SMILES string of the molecule is NN(N)C(N)(c1ccccc1)c1ccccc1. The molecule has 0 radical (unpaired) electrons. The lowest BCUT2D eigenvalue weighted by Crippen LogP contribution is -2.61. The summed E-state index contributed by atoms with van der Waals surface area (Å²) in [6.07, 6.45) is 0. The van der Waals surface area contributed by atoms with Gasteiger partial charge in [-0.15, -0.1) is 0 Å². The lowest BCUT2D eigenvalue weighted by molar-refractivity contribution is 0.131. The van der Waals surface area contributed by atoms with Crippen LogP contribution in [0.5, 0.6) is 0 Å². The standard InChI is InChI=1S/C13H16N4/c14-13(17(15)16,11-7-3-1-4-8-11)12-9-5-2-6-10-12/h1-10H,14-16H2. The minimum Gasteiger partial charge on any atom is -0.303 e. The van der Waals surface area contributed by atoms with Crippen molar-refractivity contribution in [2.45, 2.75) is 5.66 Å². The van der Waals surface area contributed by atoms with E-state index in [1.807, 2.05) is 60.7 Å². The van der Waals surface area contributed by atoms with E-state index in [0.717, 1.165) is 16.2 Å². The molecular formula is C13H16N4. The first-order chi connectivity index (χ1) is 8.15. The second-order valence-electron chi connectivity index (χ2n) is 3.91. The van der Waals surface area contributed by atoms with Crippen LogP contribution in [0.1, 0.15) is 11.1 Å². The molecule has 0 aliphatic carbocycles. The summed E-state index contributed by atoms with van der Waals surface area (Å²) in [6, 6.07) is 19.1. The Morgan fingerprint density at radius 3 is 1.35 bits per heavy atom. The van der Waals surface area contributed by atoms with Crippen molar-refractivity contribution in [3.8, 4) is 0 Å². The number of hydrogen-bond donors (Lipinski definition) is 3. The van der Waals surface area contributed by atoms with Gasteiger partial charge in [0.15, 0.2) is 0 Å². The molecule has 0 amide bonds. The summed E-state index contributed by atoms with van der Waals surface area (Å²) in [5.74, 6) is 11.4. The highest BCUT2D eigenvalue weighted by atomic mass is 15.6. The molecule has 2 aromatic rings. The molecule has 6 N–H and O–H groups in total. The molecule has 4 nitrogen and oxygen atoms in total. The molecule has 0 heterocycles. The molecule has 17 heavy (non-hydrogen) atoms. The van der Waals surface area contributed by atoms with Crippen molar-refractivity contribution in [3.05, 3.63) is 71.8 Å². The molecule has 0 saturated carbocycles. The van der Waals surface area contributed by atoms with E-state index >= 15 is 0 Å². The van der Waals surface area contributed by atoms with Gasteiger partial charge in [-0.25, -0.2) is 0 Å². The maximum Gasteiger partial charge on any atom is 0.148 e. The Bertz CT molecular complexity index is 428. The van der Waals surface area contributed by atoms with Crippen molar-refractivity contribution in [1.29, 1.82) is 0 Å². The molecule has 0 fully saturated rings. The van der Waals surface area contributed by atoms with Gasteiger partial charge in [-0.2, -0.15) is 5.12 Å². The number of benzene rings is 2. The normalized spacial score (nSPS) is 11.8. The third-order valence-electron chi connectivity index (χ3n) is 2.84. The van der Waals surface area contributed by atoms with E-state index in [0.29, 0.717) is 0 Å². The third kappa shape index (κ3) is 2.07.